The number of para-hydroxylation sites is 1. The number of carbonyl (C=O) groups excluding carboxylic acids is 2. The van der Waals surface area contributed by atoms with Crippen LogP contribution in [-0.2, 0) is 9.53 Å². The van der Waals surface area contributed by atoms with Crippen LogP contribution in [0.1, 0.15) is 22.5 Å². The maximum atomic E-state index is 12.5. The number of nitrogens with zero attached hydrogens (tertiary/aromatic N) is 1. The van der Waals surface area contributed by atoms with Crippen molar-refractivity contribution in [2.24, 2.45) is 0 Å². The Morgan fingerprint density at radius 1 is 1.19 bits per heavy atom. The quantitative estimate of drug-likeness (QED) is 0.793. The summed E-state index contributed by atoms with van der Waals surface area (Å²) in [5.41, 5.74) is 1.70. The summed E-state index contributed by atoms with van der Waals surface area (Å²) in [6.45, 7) is 2.15. The summed E-state index contributed by atoms with van der Waals surface area (Å²) in [4.78, 5) is 25.4. The van der Waals surface area contributed by atoms with Gasteiger partial charge in [0.05, 0.1) is 19.8 Å². The standard InChI is InChI=1S/C16H17NO4/c1-12-6-3-4-7-13(12)17(10-9-15(18)20-2)16(19)14-8-5-11-21-14/h3-8,11H,9-10H2,1-2H3. The van der Waals surface area contributed by atoms with E-state index < -0.39 is 0 Å². The molecular weight excluding hydrogens is 270 g/mol. The number of aryl methyl sites for hydroxylation is 1. The van der Waals surface area contributed by atoms with Crippen LogP contribution in [0.3, 0.4) is 0 Å². The zero-order chi connectivity index (χ0) is 15.2. The number of anilines is 1. The Bertz CT molecular complexity index is 619. The third kappa shape index (κ3) is 3.51. The van der Waals surface area contributed by atoms with E-state index in [1.165, 1.54) is 18.3 Å². The lowest BCUT2D eigenvalue weighted by Crippen LogP contribution is -2.33. The molecule has 0 aliphatic rings. The van der Waals surface area contributed by atoms with Crippen LogP contribution in [0.4, 0.5) is 5.69 Å². The predicted octanol–water partition coefficient (Wildman–Crippen LogP) is 2.80. The van der Waals surface area contributed by atoms with Crippen molar-refractivity contribution in [2.75, 3.05) is 18.6 Å². The van der Waals surface area contributed by atoms with Crippen molar-refractivity contribution in [1.82, 2.24) is 0 Å². The van der Waals surface area contributed by atoms with Gasteiger partial charge in [0.1, 0.15) is 0 Å². The topological polar surface area (TPSA) is 59.8 Å². The number of rotatable bonds is 5. The zero-order valence-electron chi connectivity index (χ0n) is 12.0. The maximum absolute atomic E-state index is 12.5. The molecule has 5 heteroatoms. The number of furan rings is 1. The van der Waals surface area contributed by atoms with E-state index in [9.17, 15) is 9.59 Å². The van der Waals surface area contributed by atoms with Crippen LogP contribution < -0.4 is 4.90 Å². The zero-order valence-corrected chi connectivity index (χ0v) is 12.0. The minimum atomic E-state index is -0.360. The van der Waals surface area contributed by atoms with Crippen LogP contribution in [0, 0.1) is 6.92 Å². The summed E-state index contributed by atoms with van der Waals surface area (Å²) >= 11 is 0. The molecule has 2 aromatic rings. The van der Waals surface area contributed by atoms with Gasteiger partial charge in [-0.25, -0.2) is 0 Å². The molecule has 0 radical (unpaired) electrons. The fourth-order valence-corrected chi connectivity index (χ4v) is 2.04. The molecule has 0 saturated heterocycles. The predicted molar refractivity (Wildman–Crippen MR) is 78.2 cm³/mol. The molecular formula is C16H17NO4. The Kier molecular flexibility index (Phi) is 4.77. The minimum absolute atomic E-state index is 0.122. The smallest absolute Gasteiger partial charge is 0.307 e. The molecule has 2 rings (SSSR count). The number of methoxy groups -OCH3 is 1. The van der Waals surface area contributed by atoms with E-state index in [0.29, 0.717) is 0 Å². The van der Waals surface area contributed by atoms with Crippen molar-refractivity contribution < 1.29 is 18.7 Å². The second kappa shape index (κ2) is 6.74. The van der Waals surface area contributed by atoms with Crippen LogP contribution in [-0.4, -0.2) is 25.5 Å². The number of hydrogen-bond acceptors (Lipinski definition) is 4. The van der Waals surface area contributed by atoms with E-state index in [0.717, 1.165) is 11.3 Å². The van der Waals surface area contributed by atoms with Gasteiger partial charge >= 0.3 is 5.97 Å². The highest BCUT2D eigenvalue weighted by Crippen LogP contribution is 2.22. The second-order valence-electron chi connectivity index (χ2n) is 4.55. The van der Waals surface area contributed by atoms with Gasteiger partial charge in [0, 0.05) is 12.2 Å². The van der Waals surface area contributed by atoms with Gasteiger partial charge in [0.15, 0.2) is 5.76 Å². The summed E-state index contributed by atoms with van der Waals surface area (Å²) in [5, 5.41) is 0. The minimum Gasteiger partial charge on any atom is -0.469 e. The van der Waals surface area contributed by atoms with E-state index in [4.69, 9.17) is 4.42 Å². The Labute approximate surface area is 123 Å². The highest BCUT2D eigenvalue weighted by molar-refractivity contribution is 6.04. The average molecular weight is 287 g/mol. The van der Waals surface area contributed by atoms with Crippen LogP contribution in [0.5, 0.6) is 0 Å². The number of amides is 1. The van der Waals surface area contributed by atoms with Gasteiger partial charge < -0.3 is 14.1 Å². The second-order valence-corrected chi connectivity index (χ2v) is 4.55. The molecule has 0 N–H and O–H groups in total. The summed E-state index contributed by atoms with van der Waals surface area (Å²) in [6, 6.07) is 10.8. The molecule has 0 unspecified atom stereocenters. The van der Waals surface area contributed by atoms with E-state index >= 15 is 0 Å². The first-order valence-electron chi connectivity index (χ1n) is 6.61. The number of hydrogen-bond donors (Lipinski definition) is 0. The van der Waals surface area contributed by atoms with Crippen molar-refractivity contribution >= 4 is 17.6 Å². The van der Waals surface area contributed by atoms with Crippen molar-refractivity contribution in [1.29, 1.82) is 0 Å². The molecule has 110 valence electrons. The van der Waals surface area contributed by atoms with Crippen LogP contribution in [0.2, 0.25) is 0 Å². The molecule has 0 fully saturated rings. The van der Waals surface area contributed by atoms with Crippen LogP contribution in [0.15, 0.2) is 47.1 Å². The van der Waals surface area contributed by atoms with Gasteiger partial charge in [-0.15, -0.1) is 0 Å². The van der Waals surface area contributed by atoms with E-state index in [1.54, 1.807) is 12.1 Å². The summed E-state index contributed by atoms with van der Waals surface area (Å²) in [5.74, 6) is -0.401. The lowest BCUT2D eigenvalue weighted by molar-refractivity contribution is -0.140. The van der Waals surface area contributed by atoms with Gasteiger partial charge in [-0.1, -0.05) is 18.2 Å². The number of ether oxygens (including phenoxy) is 1. The van der Waals surface area contributed by atoms with Crippen LogP contribution >= 0.6 is 0 Å². The molecule has 0 spiro atoms. The fraction of sp³-hybridized carbons (Fsp3) is 0.250. The normalized spacial score (nSPS) is 10.2. The molecule has 0 aliphatic heterocycles. The maximum Gasteiger partial charge on any atom is 0.307 e. The third-order valence-corrected chi connectivity index (χ3v) is 3.15. The first kappa shape index (κ1) is 14.8. The summed E-state index contributed by atoms with van der Waals surface area (Å²) in [7, 11) is 1.33. The Morgan fingerprint density at radius 2 is 1.95 bits per heavy atom. The molecule has 1 heterocycles. The molecule has 0 atom stereocenters. The molecule has 0 aliphatic carbocycles. The number of esters is 1. The van der Waals surface area contributed by atoms with Gasteiger partial charge in [-0.3, -0.25) is 9.59 Å². The highest BCUT2D eigenvalue weighted by Gasteiger charge is 2.22. The molecule has 21 heavy (non-hydrogen) atoms. The molecule has 0 saturated carbocycles. The van der Waals surface area contributed by atoms with Crippen molar-refractivity contribution in [3.8, 4) is 0 Å². The monoisotopic (exact) mass is 287 g/mol. The lowest BCUT2D eigenvalue weighted by Gasteiger charge is -2.23. The van der Waals surface area contributed by atoms with Crippen molar-refractivity contribution in [2.45, 2.75) is 13.3 Å². The number of carbonyl (C=O) groups is 2. The molecule has 1 aromatic carbocycles. The van der Waals surface area contributed by atoms with Crippen LogP contribution in [0.25, 0.3) is 0 Å². The summed E-state index contributed by atoms with van der Waals surface area (Å²) < 4.78 is 9.80. The fourth-order valence-electron chi connectivity index (χ4n) is 2.04. The molecule has 1 aromatic heterocycles. The van der Waals surface area contributed by atoms with E-state index in [2.05, 4.69) is 4.74 Å². The van der Waals surface area contributed by atoms with Crippen molar-refractivity contribution in [3.63, 3.8) is 0 Å². The largest absolute Gasteiger partial charge is 0.469 e. The average Bonchev–Trinajstić information content (AvgIpc) is 3.02. The molecule has 0 bridgehead atoms. The van der Waals surface area contributed by atoms with Gasteiger partial charge in [-0.2, -0.15) is 0 Å². The SMILES string of the molecule is COC(=O)CCN(C(=O)c1ccco1)c1ccccc1C. The number of benzene rings is 1. The first-order chi connectivity index (χ1) is 10.1. The third-order valence-electron chi connectivity index (χ3n) is 3.15. The van der Waals surface area contributed by atoms with Gasteiger partial charge in [-0.05, 0) is 30.7 Å². The Balaban J connectivity index is 2.28. The Morgan fingerprint density at radius 3 is 2.57 bits per heavy atom. The molecule has 5 nitrogen and oxygen atoms in total. The highest BCUT2D eigenvalue weighted by atomic mass is 16.5. The molecule has 1 amide bonds. The van der Waals surface area contributed by atoms with E-state index in [-0.39, 0.29) is 30.6 Å². The summed E-state index contributed by atoms with van der Waals surface area (Å²) in [6.07, 6.45) is 1.57. The first-order valence-corrected chi connectivity index (χ1v) is 6.61. The Hall–Kier alpha value is -2.56. The van der Waals surface area contributed by atoms with Gasteiger partial charge in [0.2, 0.25) is 0 Å². The van der Waals surface area contributed by atoms with Crippen molar-refractivity contribution in [3.05, 3.63) is 54.0 Å². The van der Waals surface area contributed by atoms with Gasteiger partial charge in [0.25, 0.3) is 5.91 Å². The lowest BCUT2D eigenvalue weighted by atomic mass is 10.1. The van der Waals surface area contributed by atoms with E-state index in [1.807, 2.05) is 31.2 Å².